The monoisotopic (exact) mass is 1140 g/mol. The lowest BCUT2D eigenvalue weighted by Gasteiger charge is -2.18. The fourth-order valence-corrected chi connectivity index (χ4v) is 9.81. The molecule has 0 aromatic carbocycles. The van der Waals surface area contributed by atoms with Crippen LogP contribution in [0.3, 0.4) is 0 Å². The van der Waals surface area contributed by atoms with E-state index in [0.717, 1.165) is 128 Å². The van der Waals surface area contributed by atoms with Gasteiger partial charge in [0.1, 0.15) is 13.2 Å². The Hall–Kier alpha value is -3.93. The Balaban J connectivity index is 4.42. The van der Waals surface area contributed by atoms with Crippen molar-refractivity contribution in [1.82, 2.24) is 0 Å². The number of carbonyl (C=O) groups is 3. The van der Waals surface area contributed by atoms with E-state index in [0.29, 0.717) is 19.3 Å². The highest BCUT2D eigenvalue weighted by Gasteiger charge is 2.19. The molecule has 1 atom stereocenters. The highest BCUT2D eigenvalue weighted by molar-refractivity contribution is 5.71. The summed E-state index contributed by atoms with van der Waals surface area (Å²) in [5, 5.41) is 0. The second-order valence-electron chi connectivity index (χ2n) is 23.1. The molecule has 0 N–H and O–H groups in total. The summed E-state index contributed by atoms with van der Waals surface area (Å²) >= 11 is 0. The summed E-state index contributed by atoms with van der Waals surface area (Å²) in [5.74, 6) is -0.899. The van der Waals surface area contributed by atoms with Gasteiger partial charge in [0.05, 0.1) is 0 Å². The van der Waals surface area contributed by atoms with Crippen molar-refractivity contribution >= 4 is 17.9 Å². The Morgan fingerprint density at radius 2 is 0.476 bits per heavy atom. The van der Waals surface area contributed by atoms with Gasteiger partial charge < -0.3 is 14.2 Å². The van der Waals surface area contributed by atoms with Crippen LogP contribution in [0, 0.1) is 0 Å². The quantitative estimate of drug-likeness (QED) is 0.0261. The first kappa shape index (κ1) is 78.1. The molecular weight excluding hydrogens is 1010 g/mol. The van der Waals surface area contributed by atoms with Crippen molar-refractivity contribution in [2.24, 2.45) is 0 Å². The van der Waals surface area contributed by atoms with Crippen molar-refractivity contribution in [1.29, 1.82) is 0 Å². The molecule has 0 aliphatic rings. The maximum Gasteiger partial charge on any atom is 0.306 e. The predicted molar refractivity (Wildman–Crippen MR) is 357 cm³/mol. The molecule has 6 heteroatoms. The zero-order valence-electron chi connectivity index (χ0n) is 54.0. The highest BCUT2D eigenvalue weighted by atomic mass is 16.6. The molecule has 0 aromatic rings. The maximum atomic E-state index is 13.0. The Morgan fingerprint density at radius 1 is 0.256 bits per heavy atom. The molecule has 0 rings (SSSR count). The van der Waals surface area contributed by atoms with Crippen LogP contribution in [0.5, 0.6) is 0 Å². The molecule has 0 spiro atoms. The lowest BCUT2D eigenvalue weighted by Crippen LogP contribution is -2.30. The maximum absolute atomic E-state index is 13.0. The first-order valence-electron chi connectivity index (χ1n) is 34.9. The smallest absolute Gasteiger partial charge is 0.306 e. The minimum Gasteiger partial charge on any atom is -0.462 e. The lowest BCUT2D eigenvalue weighted by atomic mass is 10.0. The van der Waals surface area contributed by atoms with E-state index in [1.165, 1.54) is 167 Å². The van der Waals surface area contributed by atoms with Crippen LogP contribution in [-0.4, -0.2) is 37.2 Å². The summed E-state index contributed by atoms with van der Waals surface area (Å²) in [6.45, 7) is 6.52. The first-order chi connectivity index (χ1) is 40.5. The van der Waals surface area contributed by atoms with E-state index in [1.54, 1.807) is 0 Å². The van der Waals surface area contributed by atoms with Crippen LogP contribution < -0.4 is 0 Å². The van der Waals surface area contributed by atoms with Crippen LogP contribution in [0.25, 0.3) is 0 Å². The van der Waals surface area contributed by atoms with Crippen molar-refractivity contribution in [3.05, 3.63) is 109 Å². The third-order valence-corrected chi connectivity index (χ3v) is 15.0. The van der Waals surface area contributed by atoms with E-state index in [1.807, 2.05) is 0 Å². The molecule has 0 fully saturated rings. The van der Waals surface area contributed by atoms with E-state index in [4.69, 9.17) is 14.2 Å². The van der Waals surface area contributed by atoms with Crippen LogP contribution in [0.15, 0.2) is 109 Å². The summed E-state index contributed by atoms with van der Waals surface area (Å²) in [6, 6.07) is 0. The number of hydrogen-bond acceptors (Lipinski definition) is 6. The van der Waals surface area contributed by atoms with Gasteiger partial charge in [-0.1, -0.05) is 316 Å². The van der Waals surface area contributed by atoms with E-state index >= 15 is 0 Å². The van der Waals surface area contributed by atoms with Gasteiger partial charge in [0.25, 0.3) is 0 Å². The molecule has 0 heterocycles. The molecule has 0 aliphatic heterocycles. The van der Waals surface area contributed by atoms with Crippen molar-refractivity contribution in [3.8, 4) is 0 Å². The summed E-state index contributed by atoms with van der Waals surface area (Å²) in [5.41, 5.74) is 0. The number of carbonyl (C=O) groups excluding carboxylic acids is 3. The Bertz CT molecular complexity index is 1640. The second kappa shape index (κ2) is 69.6. The van der Waals surface area contributed by atoms with Crippen LogP contribution in [0.4, 0.5) is 0 Å². The van der Waals surface area contributed by atoms with E-state index in [-0.39, 0.29) is 31.1 Å². The van der Waals surface area contributed by atoms with E-state index < -0.39 is 6.10 Å². The lowest BCUT2D eigenvalue weighted by molar-refractivity contribution is -0.167. The SMILES string of the molecule is CC/C=C\C/C=C\C/C=C\C/C=C\C/C=C\C/C=C\CCCCCCCCC(=O)OCC(COC(=O)CCCCCCCC/C=C\C/C=C\C/C=C\CCCCC)OC(=O)CCCCCCCCCCCCCCCCCCCCCC. The van der Waals surface area contributed by atoms with E-state index in [9.17, 15) is 14.4 Å². The molecule has 0 saturated heterocycles. The minimum atomic E-state index is -0.793. The minimum absolute atomic E-state index is 0.0881. The average Bonchev–Trinajstić information content (AvgIpc) is 3.47. The Labute approximate surface area is 508 Å². The van der Waals surface area contributed by atoms with E-state index in [2.05, 4.69) is 130 Å². The topological polar surface area (TPSA) is 78.9 Å². The Kier molecular flexibility index (Phi) is 66.2. The number of hydrogen-bond donors (Lipinski definition) is 0. The fraction of sp³-hybridized carbons (Fsp3) is 0.724. The van der Waals surface area contributed by atoms with Gasteiger partial charge in [-0.15, -0.1) is 0 Å². The predicted octanol–water partition coefficient (Wildman–Crippen LogP) is 24.2. The largest absolute Gasteiger partial charge is 0.462 e. The van der Waals surface area contributed by atoms with Gasteiger partial charge in [-0.3, -0.25) is 14.4 Å². The van der Waals surface area contributed by atoms with Crippen molar-refractivity contribution in [2.45, 2.75) is 341 Å². The van der Waals surface area contributed by atoms with Gasteiger partial charge >= 0.3 is 17.9 Å². The fourth-order valence-electron chi connectivity index (χ4n) is 9.81. The standard InChI is InChI=1S/C76H130O6/c1-4-7-10-13-16-19-22-25-28-31-34-36-37-38-39-40-43-45-48-51-54-57-60-63-66-69-75(78)81-72-73(71-80-74(77)68-65-62-59-56-53-50-47-44-41-33-30-27-24-21-18-15-12-9-6-3)82-76(79)70-67-64-61-58-55-52-49-46-42-35-32-29-26-23-20-17-14-11-8-5-2/h7,10,16,18-19,21,25,27-28,30,34,36,38-39,41,43-45,73H,4-6,8-9,11-15,17,20,22-24,26,29,31-33,35,37,40,42,46-72H2,1-3H3/b10-7-,19-16-,21-18-,28-25-,30-27-,36-34-,39-38-,44-41-,45-43-. The van der Waals surface area contributed by atoms with Crippen LogP contribution >= 0.6 is 0 Å². The molecule has 0 saturated carbocycles. The molecule has 6 nitrogen and oxygen atoms in total. The summed E-state index contributed by atoms with van der Waals surface area (Å²) in [4.78, 5) is 38.5. The summed E-state index contributed by atoms with van der Waals surface area (Å²) in [7, 11) is 0. The Morgan fingerprint density at radius 3 is 0.768 bits per heavy atom. The van der Waals surface area contributed by atoms with Gasteiger partial charge in [0.15, 0.2) is 6.10 Å². The molecule has 470 valence electrons. The normalized spacial score (nSPS) is 12.8. The van der Waals surface area contributed by atoms with Gasteiger partial charge in [-0.05, 0) is 109 Å². The molecule has 0 aromatic heterocycles. The number of unbranched alkanes of at least 4 members (excludes halogenated alkanes) is 34. The molecule has 0 radical (unpaired) electrons. The van der Waals surface area contributed by atoms with Crippen LogP contribution in [0.2, 0.25) is 0 Å². The van der Waals surface area contributed by atoms with Crippen LogP contribution in [-0.2, 0) is 28.6 Å². The van der Waals surface area contributed by atoms with Gasteiger partial charge in [-0.2, -0.15) is 0 Å². The summed E-state index contributed by atoms with van der Waals surface area (Å²) < 4.78 is 17.0. The zero-order valence-corrected chi connectivity index (χ0v) is 54.0. The molecule has 82 heavy (non-hydrogen) atoms. The third-order valence-electron chi connectivity index (χ3n) is 15.0. The first-order valence-corrected chi connectivity index (χ1v) is 34.9. The molecule has 1 unspecified atom stereocenters. The zero-order chi connectivity index (χ0) is 59.2. The summed E-state index contributed by atoms with van der Waals surface area (Å²) in [6.07, 6.45) is 95.2. The number of allylic oxidation sites excluding steroid dienone is 18. The highest BCUT2D eigenvalue weighted by Crippen LogP contribution is 2.17. The molecule has 0 bridgehead atoms. The van der Waals surface area contributed by atoms with Crippen LogP contribution in [0.1, 0.15) is 335 Å². The molecule has 0 aliphatic carbocycles. The van der Waals surface area contributed by atoms with Crippen molar-refractivity contribution < 1.29 is 28.6 Å². The van der Waals surface area contributed by atoms with Crippen molar-refractivity contribution in [2.75, 3.05) is 13.2 Å². The average molecular weight is 1140 g/mol. The molecule has 0 amide bonds. The van der Waals surface area contributed by atoms with Crippen molar-refractivity contribution in [3.63, 3.8) is 0 Å². The third kappa shape index (κ3) is 66.9. The number of ether oxygens (including phenoxy) is 3. The van der Waals surface area contributed by atoms with Gasteiger partial charge in [0.2, 0.25) is 0 Å². The number of esters is 3. The number of rotatable bonds is 63. The van der Waals surface area contributed by atoms with Gasteiger partial charge in [-0.25, -0.2) is 0 Å². The molecular formula is C76H130O6. The van der Waals surface area contributed by atoms with Gasteiger partial charge in [0, 0.05) is 19.3 Å². The second-order valence-corrected chi connectivity index (χ2v) is 23.1.